The maximum absolute atomic E-state index is 12.3. The molecule has 1 fully saturated rings. The average molecular weight is 309 g/mol. The van der Waals surface area contributed by atoms with Gasteiger partial charge in [0.1, 0.15) is 19.5 Å². The molecule has 21 heavy (non-hydrogen) atoms. The van der Waals surface area contributed by atoms with Crippen molar-refractivity contribution >= 4 is 23.2 Å². The third-order valence-electron chi connectivity index (χ3n) is 3.62. The number of nitrogens with zero attached hydrogens (tertiary/aromatic N) is 2. The summed E-state index contributed by atoms with van der Waals surface area (Å²) in [5.41, 5.74) is 1.02. The lowest BCUT2D eigenvalue weighted by Gasteiger charge is -2.36. The molecule has 1 amide bonds. The first-order valence-electron chi connectivity index (χ1n) is 6.99. The normalized spacial score (nSPS) is 18.6. The first-order valence-corrected chi connectivity index (χ1v) is 7.37. The van der Waals surface area contributed by atoms with Crippen molar-refractivity contribution in [2.45, 2.75) is 0 Å². The molecule has 2 heterocycles. The Kier molecular flexibility index (Phi) is 4.20. The molecule has 0 bridgehead atoms. The predicted octanol–water partition coefficient (Wildman–Crippen LogP) is 1.88. The summed E-state index contributed by atoms with van der Waals surface area (Å²) >= 11 is 6.21. The van der Waals surface area contributed by atoms with Crippen LogP contribution in [0.2, 0.25) is 5.02 Å². The molecule has 0 saturated carbocycles. The highest BCUT2D eigenvalue weighted by molar-refractivity contribution is 6.33. The van der Waals surface area contributed by atoms with Gasteiger partial charge in [0.25, 0.3) is 5.91 Å². The minimum atomic E-state index is -0.103. The number of halogens is 1. The highest BCUT2D eigenvalue weighted by atomic mass is 35.5. The summed E-state index contributed by atoms with van der Waals surface area (Å²) in [6.07, 6.45) is 1.41. The van der Waals surface area contributed by atoms with Gasteiger partial charge < -0.3 is 19.3 Å². The van der Waals surface area contributed by atoms with E-state index in [1.807, 2.05) is 24.3 Å². The summed E-state index contributed by atoms with van der Waals surface area (Å²) < 4.78 is 10.5. The third-order valence-corrected chi connectivity index (χ3v) is 3.94. The zero-order valence-electron chi connectivity index (χ0n) is 11.6. The second-order valence-electron chi connectivity index (χ2n) is 4.93. The molecule has 0 radical (unpaired) electrons. The highest BCUT2D eigenvalue weighted by Gasteiger charge is 2.26. The predicted molar refractivity (Wildman–Crippen MR) is 80.2 cm³/mol. The molecule has 0 aromatic heterocycles. The molecule has 2 aliphatic heterocycles. The van der Waals surface area contributed by atoms with Gasteiger partial charge in [-0.2, -0.15) is 0 Å². The van der Waals surface area contributed by atoms with E-state index in [2.05, 4.69) is 4.90 Å². The smallest absolute Gasteiger partial charge is 0.292 e. The van der Waals surface area contributed by atoms with Crippen LogP contribution >= 0.6 is 11.6 Å². The second-order valence-corrected chi connectivity index (χ2v) is 5.34. The SMILES string of the molecule is O=C(C1=COCCO1)N1CCN(c2ccccc2Cl)CC1. The number of carbonyl (C=O) groups is 1. The van der Waals surface area contributed by atoms with E-state index < -0.39 is 0 Å². The zero-order valence-corrected chi connectivity index (χ0v) is 12.4. The number of anilines is 1. The van der Waals surface area contributed by atoms with Gasteiger partial charge in [-0.1, -0.05) is 23.7 Å². The number of hydrogen-bond donors (Lipinski definition) is 0. The number of rotatable bonds is 2. The molecule has 3 rings (SSSR count). The van der Waals surface area contributed by atoms with Gasteiger partial charge in [0.2, 0.25) is 5.76 Å². The number of benzene rings is 1. The Hall–Kier alpha value is -1.88. The molecule has 1 saturated heterocycles. The maximum atomic E-state index is 12.3. The Morgan fingerprint density at radius 1 is 1.10 bits per heavy atom. The van der Waals surface area contributed by atoms with Gasteiger partial charge >= 0.3 is 0 Å². The number of amides is 1. The fraction of sp³-hybridized carbons (Fsp3) is 0.400. The molecule has 0 unspecified atom stereocenters. The second kappa shape index (κ2) is 6.26. The minimum absolute atomic E-state index is 0.103. The van der Waals surface area contributed by atoms with Crippen LogP contribution in [0.4, 0.5) is 5.69 Å². The summed E-state index contributed by atoms with van der Waals surface area (Å²) in [4.78, 5) is 16.3. The van der Waals surface area contributed by atoms with Crippen LogP contribution in [0.5, 0.6) is 0 Å². The molecule has 0 N–H and O–H groups in total. The highest BCUT2D eigenvalue weighted by Crippen LogP contribution is 2.26. The van der Waals surface area contributed by atoms with Gasteiger partial charge in [-0.05, 0) is 12.1 Å². The van der Waals surface area contributed by atoms with Crippen LogP contribution in [-0.4, -0.2) is 50.2 Å². The number of piperazine rings is 1. The summed E-state index contributed by atoms with van der Waals surface area (Å²) in [5, 5.41) is 0.740. The standard InChI is InChI=1S/C15H17ClN2O3/c16-12-3-1-2-4-13(12)17-5-7-18(8-6-17)15(19)14-11-20-9-10-21-14/h1-4,11H,5-10H2. The van der Waals surface area contributed by atoms with Gasteiger partial charge in [0, 0.05) is 26.2 Å². The first-order chi connectivity index (χ1) is 10.3. The lowest BCUT2D eigenvalue weighted by atomic mass is 10.2. The van der Waals surface area contributed by atoms with Crippen molar-refractivity contribution < 1.29 is 14.3 Å². The lowest BCUT2D eigenvalue weighted by Crippen LogP contribution is -2.49. The van der Waals surface area contributed by atoms with E-state index in [1.165, 1.54) is 6.26 Å². The first kappa shape index (κ1) is 14.1. The van der Waals surface area contributed by atoms with E-state index >= 15 is 0 Å². The van der Waals surface area contributed by atoms with Gasteiger partial charge in [-0.25, -0.2) is 0 Å². The molecular formula is C15H17ClN2O3. The Balaban J connectivity index is 1.61. The molecule has 112 valence electrons. The van der Waals surface area contributed by atoms with E-state index in [-0.39, 0.29) is 5.91 Å². The Morgan fingerprint density at radius 3 is 2.52 bits per heavy atom. The number of hydrogen-bond acceptors (Lipinski definition) is 4. The van der Waals surface area contributed by atoms with E-state index in [0.717, 1.165) is 23.8 Å². The van der Waals surface area contributed by atoms with E-state index in [9.17, 15) is 4.79 Å². The Labute approximate surface area is 128 Å². The lowest BCUT2D eigenvalue weighted by molar-refractivity contribution is -0.132. The molecule has 0 aliphatic carbocycles. The average Bonchev–Trinajstić information content (AvgIpc) is 2.56. The van der Waals surface area contributed by atoms with Crippen molar-refractivity contribution in [2.24, 2.45) is 0 Å². The van der Waals surface area contributed by atoms with Crippen LogP contribution < -0.4 is 4.90 Å². The van der Waals surface area contributed by atoms with E-state index in [4.69, 9.17) is 21.1 Å². The van der Waals surface area contributed by atoms with Crippen LogP contribution in [0.1, 0.15) is 0 Å². The van der Waals surface area contributed by atoms with E-state index in [1.54, 1.807) is 4.90 Å². The van der Waals surface area contributed by atoms with Crippen LogP contribution in [-0.2, 0) is 14.3 Å². The van der Waals surface area contributed by atoms with Gasteiger partial charge in [0.05, 0.1) is 10.7 Å². The number of para-hydroxylation sites is 1. The van der Waals surface area contributed by atoms with Crippen molar-refractivity contribution in [1.29, 1.82) is 0 Å². The molecule has 2 aliphatic rings. The zero-order chi connectivity index (χ0) is 14.7. The number of ether oxygens (including phenoxy) is 2. The van der Waals surface area contributed by atoms with Gasteiger partial charge in [-0.15, -0.1) is 0 Å². The summed E-state index contributed by atoms with van der Waals surface area (Å²) in [6, 6.07) is 7.77. The van der Waals surface area contributed by atoms with Crippen molar-refractivity contribution in [1.82, 2.24) is 4.90 Å². The summed E-state index contributed by atoms with van der Waals surface area (Å²) in [6.45, 7) is 3.72. The molecule has 1 aromatic carbocycles. The monoisotopic (exact) mass is 308 g/mol. The van der Waals surface area contributed by atoms with Crippen LogP contribution in [0.15, 0.2) is 36.3 Å². The van der Waals surface area contributed by atoms with Crippen molar-refractivity contribution in [3.05, 3.63) is 41.3 Å². The molecule has 0 atom stereocenters. The Morgan fingerprint density at radius 2 is 1.86 bits per heavy atom. The topological polar surface area (TPSA) is 42.0 Å². The minimum Gasteiger partial charge on any atom is -0.494 e. The molecule has 1 aromatic rings. The van der Waals surface area contributed by atoms with Crippen molar-refractivity contribution in [3.8, 4) is 0 Å². The van der Waals surface area contributed by atoms with E-state index in [0.29, 0.717) is 32.1 Å². The summed E-state index contributed by atoms with van der Waals surface area (Å²) in [7, 11) is 0. The fourth-order valence-corrected chi connectivity index (χ4v) is 2.75. The number of carbonyl (C=O) groups excluding carboxylic acids is 1. The Bertz CT molecular complexity index is 554. The third kappa shape index (κ3) is 3.08. The van der Waals surface area contributed by atoms with Gasteiger partial charge in [-0.3, -0.25) is 4.79 Å². The molecule has 5 nitrogen and oxygen atoms in total. The quantitative estimate of drug-likeness (QED) is 0.836. The largest absolute Gasteiger partial charge is 0.494 e. The molecule has 6 heteroatoms. The molecule has 0 spiro atoms. The molecular weight excluding hydrogens is 292 g/mol. The van der Waals surface area contributed by atoms with Crippen LogP contribution in [0, 0.1) is 0 Å². The van der Waals surface area contributed by atoms with Crippen LogP contribution in [0.3, 0.4) is 0 Å². The summed E-state index contributed by atoms with van der Waals surface area (Å²) in [5.74, 6) is 0.195. The van der Waals surface area contributed by atoms with Crippen molar-refractivity contribution in [2.75, 3.05) is 44.3 Å². The van der Waals surface area contributed by atoms with Crippen molar-refractivity contribution in [3.63, 3.8) is 0 Å². The fourth-order valence-electron chi connectivity index (χ4n) is 2.49. The van der Waals surface area contributed by atoms with Gasteiger partial charge in [0.15, 0.2) is 0 Å². The maximum Gasteiger partial charge on any atom is 0.292 e. The van der Waals surface area contributed by atoms with Crippen LogP contribution in [0.25, 0.3) is 0 Å².